The minimum Gasteiger partial charge on any atom is -0.350 e. The number of aryl methyl sites for hydroxylation is 1. The summed E-state index contributed by atoms with van der Waals surface area (Å²) in [4.78, 5) is 27.8. The van der Waals surface area contributed by atoms with E-state index < -0.39 is 0 Å². The van der Waals surface area contributed by atoms with E-state index in [4.69, 9.17) is 11.6 Å². The lowest BCUT2D eigenvalue weighted by atomic mass is 10.0. The van der Waals surface area contributed by atoms with Crippen molar-refractivity contribution in [3.63, 3.8) is 0 Å². The van der Waals surface area contributed by atoms with Crippen molar-refractivity contribution in [2.75, 3.05) is 11.9 Å². The van der Waals surface area contributed by atoms with E-state index in [1.807, 2.05) is 85.8 Å². The molecular formula is C25H21ClN2O2. The summed E-state index contributed by atoms with van der Waals surface area (Å²) in [5.41, 5.74) is 4.30. The predicted octanol–water partition coefficient (Wildman–Crippen LogP) is 5.08. The molecule has 0 fully saturated rings. The van der Waals surface area contributed by atoms with Gasteiger partial charge in [-0.25, -0.2) is 0 Å². The monoisotopic (exact) mass is 416 g/mol. The maximum absolute atomic E-state index is 13.2. The summed E-state index contributed by atoms with van der Waals surface area (Å²) in [7, 11) is 0. The Morgan fingerprint density at radius 2 is 1.60 bits per heavy atom. The van der Waals surface area contributed by atoms with Gasteiger partial charge < -0.3 is 5.32 Å². The molecule has 1 heterocycles. The number of imide groups is 1. The van der Waals surface area contributed by atoms with Crippen molar-refractivity contribution in [3.8, 4) is 0 Å². The van der Waals surface area contributed by atoms with Crippen LogP contribution in [-0.4, -0.2) is 23.3 Å². The lowest BCUT2D eigenvalue weighted by molar-refractivity contribution is -0.136. The van der Waals surface area contributed by atoms with Crippen molar-refractivity contribution in [1.29, 1.82) is 0 Å². The van der Waals surface area contributed by atoms with Gasteiger partial charge >= 0.3 is 0 Å². The van der Waals surface area contributed by atoms with Crippen LogP contribution in [0.3, 0.4) is 0 Å². The minimum atomic E-state index is -0.311. The van der Waals surface area contributed by atoms with E-state index in [2.05, 4.69) is 5.32 Å². The molecule has 150 valence electrons. The number of hydrogen-bond acceptors (Lipinski definition) is 3. The first kappa shape index (κ1) is 19.9. The largest absolute Gasteiger partial charge is 0.350 e. The molecule has 1 N–H and O–H groups in total. The van der Waals surface area contributed by atoms with Gasteiger partial charge in [-0.3, -0.25) is 14.5 Å². The molecule has 1 aliphatic heterocycles. The van der Waals surface area contributed by atoms with Crippen LogP contribution in [0.15, 0.2) is 84.6 Å². The Morgan fingerprint density at radius 3 is 2.30 bits per heavy atom. The molecule has 4 rings (SSSR count). The second-order valence-electron chi connectivity index (χ2n) is 7.25. The van der Waals surface area contributed by atoms with Crippen LogP contribution in [-0.2, 0) is 16.0 Å². The van der Waals surface area contributed by atoms with Gasteiger partial charge in [0.25, 0.3) is 11.8 Å². The summed E-state index contributed by atoms with van der Waals surface area (Å²) >= 11 is 5.95. The van der Waals surface area contributed by atoms with Crippen LogP contribution in [0.1, 0.15) is 16.7 Å². The third kappa shape index (κ3) is 4.14. The second-order valence-corrected chi connectivity index (χ2v) is 7.69. The smallest absolute Gasteiger partial charge is 0.278 e. The van der Waals surface area contributed by atoms with Gasteiger partial charge in [-0.1, -0.05) is 66.2 Å². The molecule has 3 aromatic carbocycles. The summed E-state index contributed by atoms with van der Waals surface area (Å²) < 4.78 is 0. The Hall–Kier alpha value is -3.37. The Balaban J connectivity index is 1.64. The third-order valence-electron chi connectivity index (χ3n) is 5.06. The molecule has 0 unspecified atom stereocenters. The number of amides is 2. The maximum atomic E-state index is 13.2. The van der Waals surface area contributed by atoms with E-state index in [-0.39, 0.29) is 11.8 Å². The zero-order valence-corrected chi connectivity index (χ0v) is 17.3. The van der Waals surface area contributed by atoms with Crippen LogP contribution >= 0.6 is 11.6 Å². The van der Waals surface area contributed by atoms with Crippen molar-refractivity contribution in [2.24, 2.45) is 0 Å². The topological polar surface area (TPSA) is 49.4 Å². The normalized spacial score (nSPS) is 13.9. The van der Waals surface area contributed by atoms with Crippen LogP contribution in [0.5, 0.6) is 0 Å². The average molecular weight is 417 g/mol. The van der Waals surface area contributed by atoms with Crippen LogP contribution in [0, 0.1) is 6.92 Å². The zero-order valence-electron chi connectivity index (χ0n) is 16.6. The molecular weight excluding hydrogens is 396 g/mol. The first-order valence-corrected chi connectivity index (χ1v) is 10.1. The van der Waals surface area contributed by atoms with Gasteiger partial charge in [-0.05, 0) is 54.3 Å². The van der Waals surface area contributed by atoms with E-state index >= 15 is 0 Å². The highest BCUT2D eigenvalue weighted by molar-refractivity contribution is 6.36. The number of nitrogens with zero attached hydrogens (tertiary/aromatic N) is 1. The fraction of sp³-hybridized carbons (Fsp3) is 0.120. The fourth-order valence-electron chi connectivity index (χ4n) is 3.53. The average Bonchev–Trinajstić information content (AvgIpc) is 2.98. The quantitative estimate of drug-likeness (QED) is 0.570. The van der Waals surface area contributed by atoms with Crippen molar-refractivity contribution in [1.82, 2.24) is 4.90 Å². The number of carbonyl (C=O) groups is 2. The molecule has 0 saturated heterocycles. The third-order valence-corrected chi connectivity index (χ3v) is 5.31. The number of benzene rings is 3. The Kier molecular flexibility index (Phi) is 5.68. The molecule has 2 amide bonds. The number of carbonyl (C=O) groups excluding carboxylic acids is 2. The van der Waals surface area contributed by atoms with Gasteiger partial charge in [-0.15, -0.1) is 0 Å². The first-order valence-electron chi connectivity index (χ1n) is 9.77. The molecule has 0 bridgehead atoms. The molecule has 3 aromatic rings. The van der Waals surface area contributed by atoms with Crippen LogP contribution in [0.2, 0.25) is 5.02 Å². The van der Waals surface area contributed by atoms with Gasteiger partial charge in [0, 0.05) is 17.3 Å². The van der Waals surface area contributed by atoms with Crippen molar-refractivity contribution < 1.29 is 9.59 Å². The molecule has 30 heavy (non-hydrogen) atoms. The summed E-state index contributed by atoms with van der Waals surface area (Å²) in [6.45, 7) is 2.28. The summed E-state index contributed by atoms with van der Waals surface area (Å²) in [6.07, 6.45) is 0.564. The van der Waals surface area contributed by atoms with Gasteiger partial charge in [0.05, 0.1) is 5.57 Å². The Bertz CT molecular complexity index is 1120. The first-order chi connectivity index (χ1) is 14.5. The molecule has 0 spiro atoms. The number of rotatable bonds is 6. The lowest BCUT2D eigenvalue weighted by Crippen LogP contribution is -2.34. The lowest BCUT2D eigenvalue weighted by Gasteiger charge is -2.15. The molecule has 5 heteroatoms. The fourth-order valence-corrected chi connectivity index (χ4v) is 3.65. The van der Waals surface area contributed by atoms with Crippen molar-refractivity contribution in [2.45, 2.75) is 13.3 Å². The highest BCUT2D eigenvalue weighted by Crippen LogP contribution is 2.30. The van der Waals surface area contributed by atoms with E-state index in [0.717, 1.165) is 22.4 Å². The summed E-state index contributed by atoms with van der Waals surface area (Å²) in [6, 6.07) is 24.5. The summed E-state index contributed by atoms with van der Waals surface area (Å²) in [5.74, 6) is -0.593. The molecule has 0 saturated carbocycles. The zero-order chi connectivity index (χ0) is 21.1. The molecule has 0 aromatic heterocycles. The molecule has 1 aliphatic rings. The van der Waals surface area contributed by atoms with E-state index in [9.17, 15) is 9.59 Å². The maximum Gasteiger partial charge on any atom is 0.278 e. The number of nitrogens with one attached hydrogen (secondary N) is 1. The van der Waals surface area contributed by atoms with Crippen LogP contribution < -0.4 is 5.32 Å². The predicted molar refractivity (Wildman–Crippen MR) is 120 cm³/mol. The summed E-state index contributed by atoms with van der Waals surface area (Å²) in [5, 5.41) is 3.85. The van der Waals surface area contributed by atoms with Gasteiger partial charge in [0.2, 0.25) is 0 Å². The standard InChI is InChI=1S/C25H21ClN2O2/c1-17-6-5-9-21(16-17)27-23-22(19-7-3-2-4-8-19)24(29)28(25(23)30)15-14-18-10-12-20(26)13-11-18/h2-13,16,27H,14-15H2,1H3. The Labute approximate surface area is 180 Å². The van der Waals surface area contributed by atoms with E-state index in [1.54, 1.807) is 0 Å². The van der Waals surface area contributed by atoms with Gasteiger partial charge in [-0.2, -0.15) is 0 Å². The van der Waals surface area contributed by atoms with E-state index in [1.165, 1.54) is 4.90 Å². The van der Waals surface area contributed by atoms with Crippen molar-refractivity contribution in [3.05, 3.63) is 106 Å². The molecule has 4 nitrogen and oxygen atoms in total. The SMILES string of the molecule is Cc1cccc(NC2=C(c3ccccc3)C(=O)N(CCc3ccc(Cl)cc3)C2=O)c1. The number of anilines is 1. The Morgan fingerprint density at radius 1 is 0.867 bits per heavy atom. The second kappa shape index (κ2) is 8.56. The van der Waals surface area contributed by atoms with Gasteiger partial charge in [0.1, 0.15) is 5.70 Å². The number of hydrogen-bond donors (Lipinski definition) is 1. The minimum absolute atomic E-state index is 0.282. The van der Waals surface area contributed by atoms with Gasteiger partial charge in [0.15, 0.2) is 0 Å². The van der Waals surface area contributed by atoms with Crippen molar-refractivity contribution >= 4 is 34.7 Å². The molecule has 0 aliphatic carbocycles. The van der Waals surface area contributed by atoms with Crippen LogP contribution in [0.4, 0.5) is 5.69 Å². The highest BCUT2D eigenvalue weighted by Gasteiger charge is 2.38. The van der Waals surface area contributed by atoms with E-state index in [0.29, 0.717) is 29.3 Å². The molecule has 0 radical (unpaired) electrons. The van der Waals surface area contributed by atoms with Crippen LogP contribution in [0.25, 0.3) is 5.57 Å². The highest BCUT2D eigenvalue weighted by atomic mass is 35.5. The molecule has 0 atom stereocenters. The number of halogens is 1.